The van der Waals surface area contributed by atoms with Gasteiger partial charge in [0.25, 0.3) is 11.6 Å². The van der Waals surface area contributed by atoms with Crippen LogP contribution in [0.4, 0.5) is 5.69 Å². The molecule has 0 saturated heterocycles. The highest BCUT2D eigenvalue weighted by Crippen LogP contribution is 2.19. The van der Waals surface area contributed by atoms with E-state index in [-0.39, 0.29) is 17.3 Å². The molecule has 0 fully saturated rings. The van der Waals surface area contributed by atoms with Crippen LogP contribution in [0.25, 0.3) is 0 Å². The molecule has 0 spiro atoms. The predicted molar refractivity (Wildman–Crippen MR) is 91.1 cm³/mol. The molecule has 1 unspecified atom stereocenters. The second-order valence-electron chi connectivity index (χ2n) is 5.53. The summed E-state index contributed by atoms with van der Waals surface area (Å²) in [6.07, 6.45) is 0. The molecule has 7 heteroatoms. The molecule has 0 heterocycles. The Bertz CT molecular complexity index is 789. The van der Waals surface area contributed by atoms with Crippen LogP contribution in [0.5, 0.6) is 0 Å². The lowest BCUT2D eigenvalue weighted by Crippen LogP contribution is -2.31. The van der Waals surface area contributed by atoms with Gasteiger partial charge in [0.1, 0.15) is 0 Å². The third-order valence-corrected chi connectivity index (χ3v) is 3.65. The molecule has 7 nitrogen and oxygen atoms in total. The first kappa shape index (κ1) is 18.1. The molecule has 1 amide bonds. The molecule has 1 atom stereocenters. The van der Waals surface area contributed by atoms with Gasteiger partial charge in [0.2, 0.25) is 0 Å². The van der Waals surface area contributed by atoms with Crippen molar-refractivity contribution in [1.82, 2.24) is 5.32 Å². The second-order valence-corrected chi connectivity index (χ2v) is 5.53. The number of rotatable bonds is 6. The van der Waals surface area contributed by atoms with Crippen LogP contribution in [0.3, 0.4) is 0 Å². The van der Waals surface area contributed by atoms with Crippen LogP contribution >= 0.6 is 0 Å². The van der Waals surface area contributed by atoms with Crippen molar-refractivity contribution in [1.29, 1.82) is 0 Å². The third-order valence-electron chi connectivity index (χ3n) is 3.65. The number of aryl methyl sites for hydroxylation is 1. The molecule has 2 rings (SSSR count). The van der Waals surface area contributed by atoms with E-state index in [1.54, 1.807) is 6.92 Å². The monoisotopic (exact) mass is 342 g/mol. The standard InChI is InChI=1S/C18H18N2O5/c1-12-8-9-15(10-16(12)20(23)24)18(22)25-11-17(21)19-13(2)14-6-4-3-5-7-14/h3-10,13H,11H2,1-2H3,(H,19,21). The molecule has 0 aliphatic heterocycles. The minimum atomic E-state index is -0.786. The van der Waals surface area contributed by atoms with E-state index in [1.807, 2.05) is 37.3 Å². The highest BCUT2D eigenvalue weighted by molar-refractivity contribution is 5.92. The second kappa shape index (κ2) is 8.05. The summed E-state index contributed by atoms with van der Waals surface area (Å²) in [5, 5.41) is 13.6. The molecule has 0 aliphatic rings. The van der Waals surface area contributed by atoms with Crippen molar-refractivity contribution in [3.63, 3.8) is 0 Å². The Kier molecular flexibility index (Phi) is 5.84. The normalized spacial score (nSPS) is 11.4. The van der Waals surface area contributed by atoms with Gasteiger partial charge in [-0.25, -0.2) is 4.79 Å². The lowest BCUT2D eigenvalue weighted by atomic mass is 10.1. The van der Waals surface area contributed by atoms with Gasteiger partial charge in [-0.1, -0.05) is 36.4 Å². The van der Waals surface area contributed by atoms with Gasteiger partial charge in [-0.2, -0.15) is 0 Å². The number of esters is 1. The zero-order chi connectivity index (χ0) is 18.4. The number of nitrogens with zero attached hydrogens (tertiary/aromatic N) is 1. The van der Waals surface area contributed by atoms with Crippen molar-refractivity contribution >= 4 is 17.6 Å². The van der Waals surface area contributed by atoms with Gasteiger partial charge in [-0.3, -0.25) is 14.9 Å². The van der Waals surface area contributed by atoms with Gasteiger partial charge in [-0.05, 0) is 25.5 Å². The first-order valence-corrected chi connectivity index (χ1v) is 7.65. The SMILES string of the molecule is Cc1ccc(C(=O)OCC(=O)NC(C)c2ccccc2)cc1[N+](=O)[O-]. The van der Waals surface area contributed by atoms with Crippen LogP contribution in [0.2, 0.25) is 0 Å². The lowest BCUT2D eigenvalue weighted by Gasteiger charge is -2.14. The van der Waals surface area contributed by atoms with Gasteiger partial charge in [0.15, 0.2) is 6.61 Å². The summed E-state index contributed by atoms with van der Waals surface area (Å²) in [6.45, 7) is 2.93. The quantitative estimate of drug-likeness (QED) is 0.494. The molecule has 0 saturated carbocycles. The largest absolute Gasteiger partial charge is 0.452 e. The Morgan fingerprint density at radius 1 is 1.20 bits per heavy atom. The van der Waals surface area contributed by atoms with Gasteiger partial charge in [0.05, 0.1) is 16.5 Å². The fourth-order valence-electron chi connectivity index (χ4n) is 2.26. The Morgan fingerprint density at radius 3 is 2.52 bits per heavy atom. The molecule has 0 aliphatic carbocycles. The highest BCUT2D eigenvalue weighted by Gasteiger charge is 2.17. The van der Waals surface area contributed by atoms with E-state index >= 15 is 0 Å². The van der Waals surface area contributed by atoms with Crippen molar-refractivity contribution < 1.29 is 19.2 Å². The van der Waals surface area contributed by atoms with Crippen LogP contribution in [-0.4, -0.2) is 23.4 Å². The maximum absolute atomic E-state index is 12.0. The van der Waals surface area contributed by atoms with Crippen LogP contribution < -0.4 is 5.32 Å². The number of carbonyl (C=O) groups is 2. The number of nitro benzene ring substituents is 1. The van der Waals surface area contributed by atoms with Crippen molar-refractivity contribution in [2.75, 3.05) is 6.61 Å². The molecule has 0 bridgehead atoms. The molecule has 0 aromatic heterocycles. The van der Waals surface area contributed by atoms with E-state index in [4.69, 9.17) is 4.74 Å². The maximum Gasteiger partial charge on any atom is 0.338 e. The van der Waals surface area contributed by atoms with E-state index in [0.29, 0.717) is 5.56 Å². The fourth-order valence-corrected chi connectivity index (χ4v) is 2.26. The van der Waals surface area contributed by atoms with Crippen molar-refractivity contribution in [2.45, 2.75) is 19.9 Å². The number of benzene rings is 2. The third kappa shape index (κ3) is 4.87. The molecular formula is C18H18N2O5. The molecular weight excluding hydrogens is 324 g/mol. The molecule has 130 valence electrons. The first-order chi connectivity index (χ1) is 11.9. The van der Waals surface area contributed by atoms with Crippen LogP contribution in [-0.2, 0) is 9.53 Å². The topological polar surface area (TPSA) is 98.5 Å². The van der Waals surface area contributed by atoms with E-state index in [9.17, 15) is 19.7 Å². The van der Waals surface area contributed by atoms with Crippen LogP contribution in [0.1, 0.15) is 34.5 Å². The average molecular weight is 342 g/mol. The zero-order valence-corrected chi connectivity index (χ0v) is 13.9. The molecule has 2 aromatic carbocycles. The summed E-state index contributed by atoms with van der Waals surface area (Å²) < 4.78 is 4.93. The molecule has 2 aromatic rings. The Labute approximate surface area is 144 Å². The van der Waals surface area contributed by atoms with E-state index in [2.05, 4.69) is 5.32 Å². The number of hydrogen-bond donors (Lipinski definition) is 1. The zero-order valence-electron chi connectivity index (χ0n) is 13.9. The number of ether oxygens (including phenoxy) is 1. The van der Waals surface area contributed by atoms with Crippen molar-refractivity contribution in [3.05, 3.63) is 75.3 Å². The average Bonchev–Trinajstić information content (AvgIpc) is 2.60. The van der Waals surface area contributed by atoms with Crippen molar-refractivity contribution in [3.8, 4) is 0 Å². The van der Waals surface area contributed by atoms with Gasteiger partial charge in [-0.15, -0.1) is 0 Å². The van der Waals surface area contributed by atoms with Crippen LogP contribution in [0, 0.1) is 17.0 Å². The summed E-state index contributed by atoms with van der Waals surface area (Å²) in [7, 11) is 0. The lowest BCUT2D eigenvalue weighted by molar-refractivity contribution is -0.385. The Hall–Kier alpha value is -3.22. The number of nitrogens with one attached hydrogen (secondary N) is 1. The number of amides is 1. The predicted octanol–water partition coefficient (Wildman–Crippen LogP) is 2.94. The first-order valence-electron chi connectivity index (χ1n) is 7.65. The number of carbonyl (C=O) groups excluding carboxylic acids is 2. The smallest absolute Gasteiger partial charge is 0.338 e. The summed E-state index contributed by atoms with van der Waals surface area (Å²) in [6, 6.07) is 13.2. The summed E-state index contributed by atoms with van der Waals surface area (Å²) >= 11 is 0. The molecule has 1 N–H and O–H groups in total. The summed E-state index contributed by atoms with van der Waals surface area (Å²) in [5.41, 5.74) is 1.23. The van der Waals surface area contributed by atoms with Gasteiger partial charge < -0.3 is 10.1 Å². The molecule has 0 radical (unpaired) electrons. The minimum Gasteiger partial charge on any atom is -0.452 e. The molecule has 25 heavy (non-hydrogen) atoms. The maximum atomic E-state index is 12.0. The number of nitro groups is 1. The van der Waals surface area contributed by atoms with Gasteiger partial charge >= 0.3 is 5.97 Å². The fraction of sp³-hybridized carbons (Fsp3) is 0.222. The highest BCUT2D eigenvalue weighted by atomic mass is 16.6. The summed E-state index contributed by atoms with van der Waals surface area (Å²) in [5.74, 6) is -1.24. The minimum absolute atomic E-state index is 0.0289. The van der Waals surface area contributed by atoms with E-state index < -0.39 is 23.4 Å². The Morgan fingerprint density at radius 2 is 1.88 bits per heavy atom. The number of hydrogen-bond acceptors (Lipinski definition) is 5. The van der Waals surface area contributed by atoms with E-state index in [0.717, 1.165) is 11.6 Å². The van der Waals surface area contributed by atoms with E-state index in [1.165, 1.54) is 12.1 Å². The van der Waals surface area contributed by atoms with Crippen LogP contribution in [0.15, 0.2) is 48.5 Å². The summed E-state index contributed by atoms with van der Waals surface area (Å²) in [4.78, 5) is 34.2. The van der Waals surface area contributed by atoms with Crippen molar-refractivity contribution in [2.24, 2.45) is 0 Å². The Balaban J connectivity index is 1.92. The van der Waals surface area contributed by atoms with Gasteiger partial charge in [0, 0.05) is 11.6 Å².